The molecule has 0 radical (unpaired) electrons. The van der Waals surface area contributed by atoms with Gasteiger partial charge in [0.05, 0.1) is 25.4 Å². The van der Waals surface area contributed by atoms with Crippen LogP contribution in [0.2, 0.25) is 0 Å². The molecule has 0 amide bonds. The first-order valence-electron chi connectivity index (χ1n) is 7.83. The van der Waals surface area contributed by atoms with Crippen LogP contribution >= 0.6 is 0 Å². The molecule has 2 saturated heterocycles. The van der Waals surface area contributed by atoms with Gasteiger partial charge < -0.3 is 44.5 Å². The Balaban J connectivity index is 1.86. The second-order valence-corrected chi connectivity index (χ2v) is 5.77. The van der Waals surface area contributed by atoms with E-state index >= 15 is 0 Å². The molecular weight excluding hydrogens is 312 g/mol. The fourth-order valence-corrected chi connectivity index (χ4v) is 2.72. The average molecular weight is 338 g/mol. The standard InChI is InChI=1S/C14H26O9/c1-2-20-11-3-8(17)14(19)10(23-11)6-21-12-4-7(16)13(18)9(5-15)22-12/h7-19H,2-6H2,1H3/t7?,8?,9?,10?,11-,12?,13?,14-/m0/s1. The van der Waals surface area contributed by atoms with Crippen LogP contribution in [0.15, 0.2) is 0 Å². The monoisotopic (exact) mass is 338 g/mol. The summed E-state index contributed by atoms with van der Waals surface area (Å²) in [6.45, 7) is 1.66. The van der Waals surface area contributed by atoms with Crippen molar-refractivity contribution in [2.24, 2.45) is 0 Å². The van der Waals surface area contributed by atoms with Crippen LogP contribution in [0.4, 0.5) is 0 Å². The lowest BCUT2D eigenvalue weighted by atomic mass is 10.0. The molecule has 9 nitrogen and oxygen atoms in total. The van der Waals surface area contributed by atoms with Gasteiger partial charge in [-0.1, -0.05) is 0 Å². The van der Waals surface area contributed by atoms with Crippen molar-refractivity contribution in [2.45, 2.75) is 69.0 Å². The minimum atomic E-state index is -1.18. The number of ether oxygens (including phenoxy) is 4. The lowest BCUT2D eigenvalue weighted by Crippen LogP contribution is -2.53. The zero-order valence-electron chi connectivity index (χ0n) is 13.0. The highest BCUT2D eigenvalue weighted by Crippen LogP contribution is 2.25. The van der Waals surface area contributed by atoms with Gasteiger partial charge in [0.1, 0.15) is 24.4 Å². The van der Waals surface area contributed by atoms with Gasteiger partial charge in [-0.05, 0) is 6.92 Å². The minimum Gasteiger partial charge on any atom is -0.394 e. The van der Waals surface area contributed by atoms with E-state index in [2.05, 4.69) is 0 Å². The summed E-state index contributed by atoms with van der Waals surface area (Å²) in [5.74, 6) is 0. The Labute approximate surface area is 134 Å². The highest BCUT2D eigenvalue weighted by Gasteiger charge is 2.40. The van der Waals surface area contributed by atoms with E-state index in [9.17, 15) is 20.4 Å². The molecule has 6 unspecified atom stereocenters. The van der Waals surface area contributed by atoms with Crippen LogP contribution in [0.5, 0.6) is 0 Å². The zero-order valence-corrected chi connectivity index (χ0v) is 13.0. The van der Waals surface area contributed by atoms with Gasteiger partial charge in [-0.2, -0.15) is 0 Å². The third-order valence-electron chi connectivity index (χ3n) is 4.05. The molecule has 2 aliphatic heterocycles. The minimum absolute atomic E-state index is 0.0257. The predicted octanol–water partition coefficient (Wildman–Crippen LogP) is -2.29. The molecule has 0 aliphatic carbocycles. The van der Waals surface area contributed by atoms with Crippen molar-refractivity contribution in [2.75, 3.05) is 19.8 Å². The number of aliphatic hydroxyl groups excluding tert-OH is 5. The van der Waals surface area contributed by atoms with E-state index in [4.69, 9.17) is 24.1 Å². The van der Waals surface area contributed by atoms with E-state index in [1.807, 2.05) is 0 Å². The number of hydrogen-bond donors (Lipinski definition) is 5. The van der Waals surface area contributed by atoms with E-state index < -0.39 is 55.8 Å². The summed E-state index contributed by atoms with van der Waals surface area (Å²) in [5, 5.41) is 48.3. The highest BCUT2D eigenvalue weighted by atomic mass is 16.7. The van der Waals surface area contributed by atoms with Crippen LogP contribution in [-0.2, 0) is 18.9 Å². The fourth-order valence-electron chi connectivity index (χ4n) is 2.72. The largest absolute Gasteiger partial charge is 0.394 e. The summed E-state index contributed by atoms with van der Waals surface area (Å²) in [4.78, 5) is 0. The Bertz CT molecular complexity index is 355. The Morgan fingerprint density at radius 2 is 1.39 bits per heavy atom. The van der Waals surface area contributed by atoms with Crippen LogP contribution in [0.1, 0.15) is 19.8 Å². The molecule has 0 aromatic rings. The van der Waals surface area contributed by atoms with Gasteiger partial charge in [0.15, 0.2) is 12.6 Å². The fraction of sp³-hybridized carbons (Fsp3) is 1.00. The molecule has 0 aromatic heterocycles. The van der Waals surface area contributed by atoms with Gasteiger partial charge in [-0.15, -0.1) is 0 Å². The van der Waals surface area contributed by atoms with E-state index in [0.29, 0.717) is 6.61 Å². The quantitative estimate of drug-likeness (QED) is 0.362. The molecule has 2 aliphatic rings. The molecular formula is C14H26O9. The van der Waals surface area contributed by atoms with E-state index in [1.54, 1.807) is 6.92 Å². The maximum atomic E-state index is 9.96. The lowest BCUT2D eigenvalue weighted by Gasteiger charge is -2.39. The topological polar surface area (TPSA) is 138 Å². The van der Waals surface area contributed by atoms with Gasteiger partial charge in [-0.3, -0.25) is 0 Å². The van der Waals surface area contributed by atoms with Crippen LogP contribution in [0.3, 0.4) is 0 Å². The van der Waals surface area contributed by atoms with Crippen LogP contribution in [0, 0.1) is 0 Å². The summed E-state index contributed by atoms with van der Waals surface area (Å²) in [6.07, 6.45) is -7.41. The first-order valence-corrected chi connectivity index (χ1v) is 7.83. The average Bonchev–Trinajstić information content (AvgIpc) is 2.52. The molecule has 136 valence electrons. The second kappa shape index (κ2) is 8.65. The predicted molar refractivity (Wildman–Crippen MR) is 75.2 cm³/mol. The Morgan fingerprint density at radius 3 is 1.96 bits per heavy atom. The van der Waals surface area contributed by atoms with Crippen molar-refractivity contribution >= 4 is 0 Å². The molecule has 0 spiro atoms. The van der Waals surface area contributed by atoms with Crippen molar-refractivity contribution in [3.8, 4) is 0 Å². The summed E-state index contributed by atoms with van der Waals surface area (Å²) in [7, 11) is 0. The molecule has 9 heteroatoms. The van der Waals surface area contributed by atoms with E-state index in [0.717, 1.165) is 0 Å². The summed E-state index contributed by atoms with van der Waals surface area (Å²) in [6, 6.07) is 0. The van der Waals surface area contributed by atoms with Crippen molar-refractivity contribution in [3.05, 3.63) is 0 Å². The molecule has 0 bridgehead atoms. The molecule has 23 heavy (non-hydrogen) atoms. The van der Waals surface area contributed by atoms with E-state index in [1.165, 1.54) is 0 Å². The smallest absolute Gasteiger partial charge is 0.160 e. The Morgan fingerprint density at radius 1 is 0.870 bits per heavy atom. The molecule has 2 heterocycles. The van der Waals surface area contributed by atoms with Gasteiger partial charge in [0, 0.05) is 19.4 Å². The molecule has 8 atom stereocenters. The molecule has 2 fully saturated rings. The molecule has 2 rings (SSSR count). The van der Waals surface area contributed by atoms with Gasteiger partial charge in [0.2, 0.25) is 0 Å². The lowest BCUT2D eigenvalue weighted by molar-refractivity contribution is -0.291. The molecule has 0 saturated carbocycles. The first kappa shape index (κ1) is 19.0. The summed E-state index contributed by atoms with van der Waals surface area (Å²) < 4.78 is 21.6. The zero-order chi connectivity index (χ0) is 17.0. The normalized spacial score (nSPS) is 45.1. The van der Waals surface area contributed by atoms with Crippen molar-refractivity contribution in [1.82, 2.24) is 0 Å². The third kappa shape index (κ3) is 4.81. The summed E-state index contributed by atoms with van der Waals surface area (Å²) in [5.41, 5.74) is 0. The SMILES string of the molecule is CCO[C@@H]1CC(O)[C@H](O)C(COC2CC(O)C(O)C(CO)O2)O1. The number of rotatable bonds is 6. The Hall–Kier alpha value is -0.360. The van der Waals surface area contributed by atoms with E-state index in [-0.39, 0.29) is 19.4 Å². The van der Waals surface area contributed by atoms with Gasteiger partial charge >= 0.3 is 0 Å². The van der Waals surface area contributed by atoms with Crippen LogP contribution < -0.4 is 0 Å². The van der Waals surface area contributed by atoms with Crippen molar-refractivity contribution < 1.29 is 44.5 Å². The first-order chi connectivity index (χ1) is 11.0. The van der Waals surface area contributed by atoms with Crippen LogP contribution in [0.25, 0.3) is 0 Å². The van der Waals surface area contributed by atoms with Gasteiger partial charge in [0.25, 0.3) is 0 Å². The van der Waals surface area contributed by atoms with Crippen LogP contribution in [-0.4, -0.2) is 94.6 Å². The Kier molecular flexibility index (Phi) is 7.14. The third-order valence-corrected chi connectivity index (χ3v) is 4.05. The van der Waals surface area contributed by atoms with Crippen molar-refractivity contribution in [1.29, 1.82) is 0 Å². The number of hydrogen-bond acceptors (Lipinski definition) is 9. The highest BCUT2D eigenvalue weighted by molar-refractivity contribution is 4.85. The maximum absolute atomic E-state index is 9.96. The van der Waals surface area contributed by atoms with Crippen molar-refractivity contribution in [3.63, 3.8) is 0 Å². The molecule has 0 aromatic carbocycles. The maximum Gasteiger partial charge on any atom is 0.160 e. The summed E-state index contributed by atoms with van der Waals surface area (Å²) >= 11 is 0. The number of aliphatic hydroxyl groups is 5. The second-order valence-electron chi connectivity index (χ2n) is 5.77. The van der Waals surface area contributed by atoms with Gasteiger partial charge in [-0.25, -0.2) is 0 Å². The molecule has 5 N–H and O–H groups in total.